The molecule has 2 aromatic rings. The molecule has 0 aliphatic rings. The first-order valence-corrected chi connectivity index (χ1v) is 11.5. The van der Waals surface area contributed by atoms with Crippen LogP contribution in [0.15, 0.2) is 48.5 Å². The van der Waals surface area contributed by atoms with E-state index in [-0.39, 0.29) is 22.9 Å². The summed E-state index contributed by atoms with van der Waals surface area (Å²) in [5, 5.41) is 26.4. The van der Waals surface area contributed by atoms with Crippen molar-refractivity contribution in [3.63, 3.8) is 0 Å². The molecule has 0 aromatic heterocycles. The predicted molar refractivity (Wildman–Crippen MR) is 124 cm³/mol. The predicted octanol–water partition coefficient (Wildman–Crippen LogP) is 2.12. The topological polar surface area (TPSA) is 197 Å². The van der Waals surface area contributed by atoms with E-state index >= 15 is 0 Å². The summed E-state index contributed by atoms with van der Waals surface area (Å²) in [5.41, 5.74) is 12.3. The molecule has 0 heterocycles. The number of nitro groups is 2. The minimum Gasteiger partial charge on any atom is -0.325 e. The summed E-state index contributed by atoms with van der Waals surface area (Å²) >= 11 is 0. The Balaban J connectivity index is 1.69. The van der Waals surface area contributed by atoms with E-state index in [0.717, 1.165) is 0 Å². The average molecular weight is 481 g/mol. The average Bonchev–Trinajstić information content (AvgIpc) is 2.77. The molecule has 170 valence electrons. The molecule has 0 aliphatic carbocycles. The first kappa shape index (κ1) is 25.1. The normalized spacial score (nSPS) is 12.4. The van der Waals surface area contributed by atoms with Crippen LogP contribution in [-0.4, -0.2) is 45.3 Å². The summed E-state index contributed by atoms with van der Waals surface area (Å²) in [4.78, 5) is 44.4. The van der Waals surface area contributed by atoms with E-state index in [0.29, 0.717) is 11.4 Å². The Morgan fingerprint density at radius 2 is 1.06 bits per heavy atom. The molecule has 14 heteroatoms. The van der Waals surface area contributed by atoms with E-state index in [2.05, 4.69) is 10.6 Å². The smallest absolute Gasteiger partial charge is 0.269 e. The van der Waals surface area contributed by atoms with Gasteiger partial charge in [0.25, 0.3) is 11.4 Å². The van der Waals surface area contributed by atoms with Gasteiger partial charge in [0, 0.05) is 47.1 Å². The maximum Gasteiger partial charge on any atom is 0.269 e. The molecular weight excluding hydrogens is 460 g/mol. The van der Waals surface area contributed by atoms with E-state index in [4.69, 9.17) is 11.5 Å². The Labute approximate surface area is 190 Å². The number of non-ortho nitro benzene ring substituents is 2. The van der Waals surface area contributed by atoms with Gasteiger partial charge < -0.3 is 22.1 Å². The highest BCUT2D eigenvalue weighted by atomic mass is 33.1. The zero-order chi connectivity index (χ0) is 23.7. The van der Waals surface area contributed by atoms with Crippen molar-refractivity contribution >= 4 is 56.2 Å². The highest BCUT2D eigenvalue weighted by Gasteiger charge is 2.17. The van der Waals surface area contributed by atoms with Gasteiger partial charge in [-0.1, -0.05) is 21.6 Å². The highest BCUT2D eigenvalue weighted by Crippen LogP contribution is 2.23. The third-order valence-corrected chi connectivity index (χ3v) is 6.42. The fourth-order valence-corrected chi connectivity index (χ4v) is 4.44. The third kappa shape index (κ3) is 7.81. The van der Waals surface area contributed by atoms with Crippen LogP contribution in [0, 0.1) is 20.2 Å². The number of carbonyl (C=O) groups excluding carboxylic acids is 2. The number of carbonyl (C=O) groups is 2. The van der Waals surface area contributed by atoms with Gasteiger partial charge >= 0.3 is 0 Å². The zero-order valence-corrected chi connectivity index (χ0v) is 18.1. The molecule has 6 N–H and O–H groups in total. The van der Waals surface area contributed by atoms with Crippen LogP contribution in [0.25, 0.3) is 0 Å². The van der Waals surface area contributed by atoms with Crippen molar-refractivity contribution < 1.29 is 19.4 Å². The summed E-state index contributed by atoms with van der Waals surface area (Å²) in [6, 6.07) is 9.05. The van der Waals surface area contributed by atoms with Crippen LogP contribution in [0.5, 0.6) is 0 Å². The molecule has 12 nitrogen and oxygen atoms in total. The Hall–Kier alpha value is -3.20. The molecule has 0 bridgehead atoms. The second-order valence-electron chi connectivity index (χ2n) is 6.37. The van der Waals surface area contributed by atoms with Crippen LogP contribution in [0.3, 0.4) is 0 Å². The lowest BCUT2D eigenvalue weighted by Crippen LogP contribution is -2.38. The number of nitro benzene ring substituents is 2. The van der Waals surface area contributed by atoms with Crippen molar-refractivity contribution in [2.45, 2.75) is 12.1 Å². The van der Waals surface area contributed by atoms with Crippen LogP contribution in [0.2, 0.25) is 0 Å². The van der Waals surface area contributed by atoms with Crippen LogP contribution < -0.4 is 22.1 Å². The quantitative estimate of drug-likeness (QED) is 0.160. The molecule has 2 atom stereocenters. The number of hydrogen-bond acceptors (Lipinski definition) is 10. The van der Waals surface area contributed by atoms with Gasteiger partial charge in [0.1, 0.15) is 0 Å². The maximum absolute atomic E-state index is 12.1. The third-order valence-electron chi connectivity index (χ3n) is 3.94. The van der Waals surface area contributed by atoms with Crippen LogP contribution in [0.1, 0.15) is 0 Å². The van der Waals surface area contributed by atoms with Crippen molar-refractivity contribution in [1.82, 2.24) is 0 Å². The van der Waals surface area contributed by atoms with Crippen molar-refractivity contribution in [3.05, 3.63) is 68.8 Å². The van der Waals surface area contributed by atoms with Crippen LogP contribution in [-0.2, 0) is 9.59 Å². The fourth-order valence-electron chi connectivity index (χ4n) is 2.20. The fraction of sp³-hybridized carbons (Fsp3) is 0.222. The van der Waals surface area contributed by atoms with Crippen LogP contribution in [0.4, 0.5) is 22.7 Å². The second-order valence-corrected chi connectivity index (χ2v) is 8.92. The minimum absolute atomic E-state index is 0.0896. The first-order valence-electron chi connectivity index (χ1n) is 9.03. The lowest BCUT2D eigenvalue weighted by Gasteiger charge is -2.13. The number of nitrogens with two attached hydrogens (primary N) is 2. The SMILES string of the molecule is N[C@H](CSSC[C@@H](N)C(=O)Nc1ccc([N+](=O)[O-])cc1)C(=O)Nc1ccc([N+](=O)[O-])cc1. The molecule has 32 heavy (non-hydrogen) atoms. The van der Waals surface area contributed by atoms with Crippen molar-refractivity contribution in [1.29, 1.82) is 0 Å². The number of nitrogens with zero attached hydrogens (tertiary/aromatic N) is 2. The number of anilines is 2. The molecule has 0 radical (unpaired) electrons. The number of benzene rings is 2. The molecule has 0 unspecified atom stereocenters. The summed E-state index contributed by atoms with van der Waals surface area (Å²) < 4.78 is 0. The highest BCUT2D eigenvalue weighted by molar-refractivity contribution is 8.76. The van der Waals surface area contributed by atoms with Gasteiger partial charge in [-0.15, -0.1) is 0 Å². The number of hydrogen-bond donors (Lipinski definition) is 4. The van der Waals surface area contributed by atoms with Gasteiger partial charge in [0.05, 0.1) is 21.9 Å². The number of amides is 2. The molecule has 0 saturated heterocycles. The molecule has 0 spiro atoms. The first-order chi connectivity index (χ1) is 15.2. The molecule has 2 amide bonds. The Morgan fingerprint density at radius 3 is 1.34 bits per heavy atom. The standard InChI is InChI=1S/C18H20N6O6S2/c19-15(17(25)21-11-1-5-13(6-2-11)23(27)28)9-31-32-10-16(20)18(26)22-12-3-7-14(8-4-12)24(29)30/h1-8,15-16H,9-10,19-20H2,(H,21,25)(H,22,26)/t15-,16-/m1/s1. The molecule has 0 saturated carbocycles. The van der Waals surface area contributed by atoms with Crippen LogP contribution >= 0.6 is 21.6 Å². The van der Waals surface area contributed by atoms with E-state index in [1.165, 1.54) is 70.1 Å². The van der Waals surface area contributed by atoms with Gasteiger partial charge in [-0.2, -0.15) is 0 Å². The summed E-state index contributed by atoms with van der Waals surface area (Å²) in [7, 11) is 2.54. The van der Waals surface area contributed by atoms with Crippen molar-refractivity contribution in [2.24, 2.45) is 11.5 Å². The largest absolute Gasteiger partial charge is 0.325 e. The maximum atomic E-state index is 12.1. The van der Waals surface area contributed by atoms with Gasteiger partial charge in [-0.3, -0.25) is 29.8 Å². The number of rotatable bonds is 11. The van der Waals surface area contributed by atoms with Gasteiger partial charge in [-0.05, 0) is 24.3 Å². The van der Waals surface area contributed by atoms with Crippen molar-refractivity contribution in [3.8, 4) is 0 Å². The molecule has 2 aromatic carbocycles. The van der Waals surface area contributed by atoms with E-state index in [1.807, 2.05) is 0 Å². The minimum atomic E-state index is -0.840. The lowest BCUT2D eigenvalue weighted by atomic mass is 10.2. The van der Waals surface area contributed by atoms with Gasteiger partial charge in [0.15, 0.2) is 0 Å². The molecule has 0 fully saturated rings. The lowest BCUT2D eigenvalue weighted by molar-refractivity contribution is -0.385. The zero-order valence-electron chi connectivity index (χ0n) is 16.5. The monoisotopic (exact) mass is 480 g/mol. The second kappa shape index (κ2) is 12.0. The summed E-state index contributed by atoms with van der Waals surface area (Å²) in [6.07, 6.45) is 0. The van der Waals surface area contributed by atoms with E-state index in [9.17, 15) is 29.8 Å². The number of nitrogens with one attached hydrogen (secondary N) is 2. The van der Waals surface area contributed by atoms with Crippen molar-refractivity contribution in [2.75, 3.05) is 22.1 Å². The summed E-state index contributed by atoms with van der Waals surface area (Å²) in [5.74, 6) is -0.403. The van der Waals surface area contributed by atoms with E-state index < -0.39 is 33.7 Å². The molecule has 0 aliphatic heterocycles. The summed E-state index contributed by atoms with van der Waals surface area (Å²) in [6.45, 7) is 0. The van der Waals surface area contributed by atoms with Gasteiger partial charge in [-0.25, -0.2) is 0 Å². The Bertz CT molecular complexity index is 893. The Morgan fingerprint density at radius 1 is 0.750 bits per heavy atom. The Kier molecular flexibility index (Phi) is 9.39. The van der Waals surface area contributed by atoms with E-state index in [1.54, 1.807) is 0 Å². The molecule has 2 rings (SSSR count). The van der Waals surface area contributed by atoms with Gasteiger partial charge in [0.2, 0.25) is 11.8 Å². The molecular formula is C18H20N6O6S2.